The molecule has 2 N–H and O–H groups in total. The quantitative estimate of drug-likeness (QED) is 0.811. The second-order valence-corrected chi connectivity index (χ2v) is 5.50. The minimum atomic E-state index is -0.121. The van der Waals surface area contributed by atoms with E-state index in [4.69, 9.17) is 5.73 Å². The van der Waals surface area contributed by atoms with Gasteiger partial charge in [0.1, 0.15) is 0 Å². The van der Waals surface area contributed by atoms with E-state index in [1.165, 1.54) is 0 Å². The normalized spacial score (nSPS) is 13.2. The molecule has 0 unspecified atom stereocenters. The Hall–Kier alpha value is -0.970. The van der Waals surface area contributed by atoms with Gasteiger partial charge < -0.3 is 5.73 Å². The van der Waals surface area contributed by atoms with Crippen LogP contribution in [0.5, 0.6) is 0 Å². The van der Waals surface area contributed by atoms with Crippen LogP contribution in [0.3, 0.4) is 0 Å². The molecule has 0 aliphatic carbocycles. The molecule has 0 aliphatic rings. The Balaban J connectivity index is 2.94. The highest BCUT2D eigenvalue weighted by molar-refractivity contribution is 5.00. The average molecular weight is 211 g/mol. The fraction of sp³-hybridized carbons (Fsp3) is 0.900. The van der Waals surface area contributed by atoms with Gasteiger partial charge in [0.05, 0.1) is 5.54 Å². The topological polar surface area (TPSA) is 69.6 Å². The largest absolute Gasteiger partial charge is 0.330 e. The molecule has 1 aromatic heterocycles. The summed E-state index contributed by atoms with van der Waals surface area (Å²) in [4.78, 5) is 1.65. The zero-order valence-electron chi connectivity index (χ0n) is 10.3. The Morgan fingerprint density at radius 1 is 1.20 bits per heavy atom. The van der Waals surface area contributed by atoms with E-state index in [1.54, 1.807) is 4.80 Å². The molecule has 1 aromatic rings. The van der Waals surface area contributed by atoms with Crippen molar-refractivity contribution in [3.8, 4) is 0 Å². The minimum Gasteiger partial charge on any atom is -0.330 e. The van der Waals surface area contributed by atoms with Crippen LogP contribution >= 0.6 is 0 Å². The van der Waals surface area contributed by atoms with Crippen LogP contribution in [0.2, 0.25) is 0 Å². The van der Waals surface area contributed by atoms with Crippen molar-refractivity contribution in [2.45, 2.75) is 52.0 Å². The fourth-order valence-electron chi connectivity index (χ4n) is 1.24. The number of nitrogens with zero attached hydrogens (tertiary/aromatic N) is 4. The van der Waals surface area contributed by atoms with E-state index < -0.39 is 0 Å². The van der Waals surface area contributed by atoms with Gasteiger partial charge in [0.2, 0.25) is 0 Å². The number of nitrogens with two attached hydrogens (primary N) is 1. The molecule has 0 bridgehead atoms. The zero-order chi connectivity index (χ0) is 11.7. The van der Waals surface area contributed by atoms with E-state index in [2.05, 4.69) is 29.3 Å². The summed E-state index contributed by atoms with van der Waals surface area (Å²) < 4.78 is 0. The zero-order valence-corrected chi connectivity index (χ0v) is 10.3. The molecule has 0 radical (unpaired) electrons. The highest BCUT2D eigenvalue weighted by Crippen LogP contribution is 2.23. The average Bonchev–Trinajstić information content (AvgIpc) is 2.50. The van der Waals surface area contributed by atoms with Crippen molar-refractivity contribution in [2.24, 2.45) is 5.73 Å². The van der Waals surface area contributed by atoms with Gasteiger partial charge in [-0.25, -0.2) is 0 Å². The van der Waals surface area contributed by atoms with Gasteiger partial charge in [0.25, 0.3) is 0 Å². The third-order valence-electron chi connectivity index (χ3n) is 2.39. The maximum Gasteiger partial charge on any atom is 0.180 e. The van der Waals surface area contributed by atoms with Crippen LogP contribution in [0.4, 0.5) is 0 Å². The van der Waals surface area contributed by atoms with Gasteiger partial charge in [-0.2, -0.15) is 4.80 Å². The maximum absolute atomic E-state index is 5.56. The molecule has 0 spiro atoms. The SMILES string of the molecule is CC(C)(CCN)c1nnn(C(C)(C)C)n1. The van der Waals surface area contributed by atoms with Crippen LogP contribution < -0.4 is 5.73 Å². The summed E-state index contributed by atoms with van der Waals surface area (Å²) in [5.74, 6) is 0.767. The van der Waals surface area contributed by atoms with Crippen LogP contribution in [0.1, 0.15) is 46.9 Å². The summed E-state index contributed by atoms with van der Waals surface area (Å²) in [7, 11) is 0. The third kappa shape index (κ3) is 2.75. The van der Waals surface area contributed by atoms with Gasteiger partial charge in [-0.1, -0.05) is 13.8 Å². The summed E-state index contributed by atoms with van der Waals surface area (Å²) >= 11 is 0. The molecule has 0 fully saturated rings. The van der Waals surface area contributed by atoms with Gasteiger partial charge in [-0.3, -0.25) is 0 Å². The molecule has 15 heavy (non-hydrogen) atoms. The number of tetrazole rings is 1. The molecule has 0 amide bonds. The Bertz CT molecular complexity index is 321. The summed E-state index contributed by atoms with van der Waals surface area (Å²) in [6.45, 7) is 11.0. The van der Waals surface area contributed by atoms with Gasteiger partial charge in [-0.15, -0.1) is 10.2 Å². The first-order chi connectivity index (χ1) is 6.77. The van der Waals surface area contributed by atoms with Crippen molar-refractivity contribution in [3.63, 3.8) is 0 Å². The van der Waals surface area contributed by atoms with Crippen molar-refractivity contribution in [3.05, 3.63) is 5.82 Å². The predicted molar refractivity (Wildman–Crippen MR) is 59.5 cm³/mol. The van der Waals surface area contributed by atoms with Crippen LogP contribution in [-0.4, -0.2) is 26.8 Å². The van der Waals surface area contributed by atoms with Crippen molar-refractivity contribution in [1.82, 2.24) is 20.2 Å². The lowest BCUT2D eigenvalue weighted by Crippen LogP contribution is -2.27. The molecule has 1 rings (SSSR count). The van der Waals surface area contributed by atoms with Gasteiger partial charge >= 0.3 is 0 Å². The van der Waals surface area contributed by atoms with Gasteiger partial charge in [0, 0.05) is 5.41 Å². The molecule has 0 saturated heterocycles. The smallest absolute Gasteiger partial charge is 0.180 e. The molecule has 0 saturated carbocycles. The lowest BCUT2D eigenvalue weighted by Gasteiger charge is -2.20. The molecule has 0 atom stereocenters. The van der Waals surface area contributed by atoms with E-state index in [0.717, 1.165) is 12.2 Å². The summed E-state index contributed by atoms with van der Waals surface area (Å²) in [6.07, 6.45) is 0.864. The van der Waals surface area contributed by atoms with Crippen molar-refractivity contribution in [2.75, 3.05) is 6.54 Å². The molecule has 5 heteroatoms. The first-order valence-corrected chi connectivity index (χ1v) is 5.28. The van der Waals surface area contributed by atoms with Crippen LogP contribution in [-0.2, 0) is 11.0 Å². The van der Waals surface area contributed by atoms with Gasteiger partial charge in [-0.05, 0) is 39.0 Å². The van der Waals surface area contributed by atoms with Crippen LogP contribution in [0.25, 0.3) is 0 Å². The minimum absolute atomic E-state index is 0.0990. The van der Waals surface area contributed by atoms with E-state index in [0.29, 0.717) is 6.54 Å². The fourth-order valence-corrected chi connectivity index (χ4v) is 1.24. The summed E-state index contributed by atoms with van der Waals surface area (Å²) in [5.41, 5.74) is 5.34. The Labute approximate surface area is 91.0 Å². The molecule has 5 nitrogen and oxygen atoms in total. The first-order valence-electron chi connectivity index (χ1n) is 5.28. The number of hydrogen-bond donors (Lipinski definition) is 1. The van der Waals surface area contributed by atoms with E-state index in [9.17, 15) is 0 Å². The molecule has 0 aliphatic heterocycles. The lowest BCUT2D eigenvalue weighted by atomic mass is 9.89. The Morgan fingerprint density at radius 2 is 1.80 bits per heavy atom. The van der Waals surface area contributed by atoms with Crippen molar-refractivity contribution in [1.29, 1.82) is 0 Å². The van der Waals surface area contributed by atoms with E-state index >= 15 is 0 Å². The molecular weight excluding hydrogens is 190 g/mol. The monoisotopic (exact) mass is 211 g/mol. The molecule has 0 aromatic carbocycles. The molecule has 86 valence electrons. The second kappa shape index (κ2) is 3.89. The maximum atomic E-state index is 5.56. The van der Waals surface area contributed by atoms with E-state index in [-0.39, 0.29) is 11.0 Å². The second-order valence-electron chi connectivity index (χ2n) is 5.50. The molecule has 1 heterocycles. The summed E-state index contributed by atoms with van der Waals surface area (Å²) in [6, 6.07) is 0. The molecular formula is C10H21N5. The van der Waals surface area contributed by atoms with E-state index in [1.807, 2.05) is 20.8 Å². The van der Waals surface area contributed by atoms with Crippen molar-refractivity contribution >= 4 is 0 Å². The Morgan fingerprint density at radius 3 is 2.20 bits per heavy atom. The van der Waals surface area contributed by atoms with Crippen molar-refractivity contribution < 1.29 is 0 Å². The third-order valence-corrected chi connectivity index (χ3v) is 2.39. The number of hydrogen-bond acceptors (Lipinski definition) is 4. The summed E-state index contributed by atoms with van der Waals surface area (Å²) in [5, 5.41) is 12.6. The highest BCUT2D eigenvalue weighted by Gasteiger charge is 2.27. The predicted octanol–water partition coefficient (Wildman–Crippen LogP) is 1.05. The number of rotatable bonds is 3. The van der Waals surface area contributed by atoms with Gasteiger partial charge in [0.15, 0.2) is 5.82 Å². The van der Waals surface area contributed by atoms with Crippen LogP contribution in [0, 0.1) is 0 Å². The number of aromatic nitrogens is 4. The van der Waals surface area contributed by atoms with Crippen LogP contribution in [0.15, 0.2) is 0 Å². The Kier molecular flexibility index (Phi) is 3.13. The highest BCUT2D eigenvalue weighted by atomic mass is 15.6. The lowest BCUT2D eigenvalue weighted by molar-refractivity contribution is 0.302. The standard InChI is InChI=1S/C10H21N5/c1-9(2,3)15-13-8(12-14-15)10(4,5)6-7-11/h6-7,11H2,1-5H3. The first kappa shape index (κ1) is 12.1.